The summed E-state index contributed by atoms with van der Waals surface area (Å²) in [4.78, 5) is 22.9. The SMILES string of the molecule is CCNC(=O)Nc1cccc(NC(=O)CCCN)c1. The van der Waals surface area contributed by atoms with Gasteiger partial charge in [-0.3, -0.25) is 4.79 Å². The van der Waals surface area contributed by atoms with Gasteiger partial charge >= 0.3 is 6.03 Å². The van der Waals surface area contributed by atoms with Crippen molar-refractivity contribution >= 4 is 23.3 Å². The molecule has 6 nitrogen and oxygen atoms in total. The first-order valence-electron chi connectivity index (χ1n) is 6.30. The van der Waals surface area contributed by atoms with Crippen molar-refractivity contribution < 1.29 is 9.59 Å². The molecule has 0 aromatic heterocycles. The van der Waals surface area contributed by atoms with E-state index in [-0.39, 0.29) is 11.9 Å². The van der Waals surface area contributed by atoms with Gasteiger partial charge in [-0.2, -0.15) is 0 Å². The lowest BCUT2D eigenvalue weighted by molar-refractivity contribution is -0.116. The fourth-order valence-electron chi connectivity index (χ4n) is 1.50. The second kappa shape index (κ2) is 8.10. The van der Waals surface area contributed by atoms with Crippen molar-refractivity contribution in [2.24, 2.45) is 5.73 Å². The number of carbonyl (C=O) groups is 2. The lowest BCUT2D eigenvalue weighted by Crippen LogP contribution is -2.28. The minimum Gasteiger partial charge on any atom is -0.338 e. The average molecular weight is 264 g/mol. The monoisotopic (exact) mass is 264 g/mol. The normalized spacial score (nSPS) is 9.79. The summed E-state index contributed by atoms with van der Waals surface area (Å²) in [5.41, 5.74) is 6.62. The first-order chi connectivity index (χ1) is 9.15. The number of urea groups is 1. The number of hydrogen-bond acceptors (Lipinski definition) is 3. The van der Waals surface area contributed by atoms with Crippen LogP contribution in [0.15, 0.2) is 24.3 Å². The van der Waals surface area contributed by atoms with Crippen molar-refractivity contribution in [1.82, 2.24) is 5.32 Å². The molecule has 0 fully saturated rings. The maximum Gasteiger partial charge on any atom is 0.319 e. The van der Waals surface area contributed by atoms with E-state index in [1.807, 2.05) is 6.92 Å². The topological polar surface area (TPSA) is 96.2 Å². The molecule has 0 saturated carbocycles. The molecule has 0 aliphatic heterocycles. The number of amides is 3. The zero-order chi connectivity index (χ0) is 14.1. The molecule has 0 atom stereocenters. The molecule has 0 saturated heterocycles. The predicted molar refractivity (Wildman–Crippen MR) is 76.1 cm³/mol. The Kier molecular flexibility index (Phi) is 6.38. The zero-order valence-electron chi connectivity index (χ0n) is 11.0. The summed E-state index contributed by atoms with van der Waals surface area (Å²) in [7, 11) is 0. The number of nitrogens with two attached hydrogens (primary N) is 1. The van der Waals surface area contributed by atoms with Gasteiger partial charge in [0.25, 0.3) is 0 Å². The van der Waals surface area contributed by atoms with Crippen LogP contribution >= 0.6 is 0 Å². The molecule has 6 heteroatoms. The Balaban J connectivity index is 2.56. The Morgan fingerprint density at radius 3 is 2.53 bits per heavy atom. The van der Waals surface area contributed by atoms with Crippen LogP contribution in [-0.4, -0.2) is 25.0 Å². The summed E-state index contributed by atoms with van der Waals surface area (Å²) in [6, 6.07) is 6.72. The van der Waals surface area contributed by atoms with Crippen LogP contribution in [0, 0.1) is 0 Å². The molecule has 1 aromatic carbocycles. The third kappa shape index (κ3) is 5.87. The average Bonchev–Trinajstić information content (AvgIpc) is 2.37. The van der Waals surface area contributed by atoms with Gasteiger partial charge in [-0.05, 0) is 38.1 Å². The summed E-state index contributed by atoms with van der Waals surface area (Å²) in [6.45, 7) is 2.89. The highest BCUT2D eigenvalue weighted by Crippen LogP contribution is 2.15. The van der Waals surface area contributed by atoms with Crippen LogP contribution in [0.2, 0.25) is 0 Å². The molecular weight excluding hydrogens is 244 g/mol. The van der Waals surface area contributed by atoms with Crippen molar-refractivity contribution in [3.63, 3.8) is 0 Å². The van der Waals surface area contributed by atoms with Gasteiger partial charge in [-0.15, -0.1) is 0 Å². The molecule has 0 aliphatic rings. The molecule has 0 heterocycles. The maximum atomic E-state index is 11.5. The Morgan fingerprint density at radius 2 is 1.89 bits per heavy atom. The van der Waals surface area contributed by atoms with Crippen molar-refractivity contribution in [3.05, 3.63) is 24.3 Å². The second-order valence-electron chi connectivity index (χ2n) is 4.01. The Morgan fingerprint density at radius 1 is 1.21 bits per heavy atom. The number of anilines is 2. The van der Waals surface area contributed by atoms with Crippen molar-refractivity contribution in [1.29, 1.82) is 0 Å². The highest BCUT2D eigenvalue weighted by Gasteiger charge is 2.04. The van der Waals surface area contributed by atoms with Gasteiger partial charge in [0.1, 0.15) is 0 Å². The summed E-state index contributed by atoms with van der Waals surface area (Å²) >= 11 is 0. The van der Waals surface area contributed by atoms with Gasteiger partial charge in [-0.25, -0.2) is 4.79 Å². The quantitative estimate of drug-likeness (QED) is 0.627. The lowest BCUT2D eigenvalue weighted by Gasteiger charge is -2.09. The Bertz CT molecular complexity index is 434. The molecule has 19 heavy (non-hydrogen) atoms. The number of rotatable bonds is 6. The van der Waals surface area contributed by atoms with E-state index in [4.69, 9.17) is 5.73 Å². The van der Waals surface area contributed by atoms with Gasteiger partial charge < -0.3 is 21.7 Å². The summed E-state index contributed by atoms with van der Waals surface area (Å²) < 4.78 is 0. The summed E-state index contributed by atoms with van der Waals surface area (Å²) in [5, 5.41) is 8.07. The van der Waals surface area contributed by atoms with Crippen LogP contribution in [-0.2, 0) is 4.79 Å². The van der Waals surface area contributed by atoms with Crippen LogP contribution in [0.25, 0.3) is 0 Å². The highest BCUT2D eigenvalue weighted by molar-refractivity contribution is 5.93. The molecular formula is C13H20N4O2. The first kappa shape index (κ1) is 15.0. The molecule has 0 radical (unpaired) electrons. The van der Waals surface area contributed by atoms with Crippen LogP contribution < -0.4 is 21.7 Å². The van der Waals surface area contributed by atoms with Gasteiger partial charge in [0, 0.05) is 24.3 Å². The van der Waals surface area contributed by atoms with E-state index >= 15 is 0 Å². The van der Waals surface area contributed by atoms with E-state index in [9.17, 15) is 9.59 Å². The molecule has 1 rings (SSSR count). The fraction of sp³-hybridized carbons (Fsp3) is 0.385. The smallest absolute Gasteiger partial charge is 0.319 e. The molecule has 1 aromatic rings. The van der Waals surface area contributed by atoms with E-state index < -0.39 is 0 Å². The first-order valence-corrected chi connectivity index (χ1v) is 6.30. The van der Waals surface area contributed by atoms with Gasteiger partial charge in [0.15, 0.2) is 0 Å². The van der Waals surface area contributed by atoms with Crippen LogP contribution in [0.5, 0.6) is 0 Å². The van der Waals surface area contributed by atoms with E-state index in [0.717, 1.165) is 0 Å². The minimum absolute atomic E-state index is 0.0828. The number of hydrogen-bond donors (Lipinski definition) is 4. The molecule has 0 bridgehead atoms. The van der Waals surface area contributed by atoms with Gasteiger partial charge in [0.2, 0.25) is 5.91 Å². The van der Waals surface area contributed by atoms with E-state index in [1.54, 1.807) is 24.3 Å². The van der Waals surface area contributed by atoms with Crippen molar-refractivity contribution in [2.75, 3.05) is 23.7 Å². The van der Waals surface area contributed by atoms with E-state index in [1.165, 1.54) is 0 Å². The summed E-state index contributed by atoms with van der Waals surface area (Å²) in [6.07, 6.45) is 1.05. The molecule has 0 spiro atoms. The lowest BCUT2D eigenvalue weighted by atomic mass is 10.2. The maximum absolute atomic E-state index is 11.5. The van der Waals surface area contributed by atoms with Gasteiger partial charge in [-0.1, -0.05) is 6.07 Å². The Hall–Kier alpha value is -2.08. The molecule has 104 valence electrons. The highest BCUT2D eigenvalue weighted by atomic mass is 16.2. The third-order valence-corrected chi connectivity index (χ3v) is 2.35. The van der Waals surface area contributed by atoms with Gasteiger partial charge in [0.05, 0.1) is 0 Å². The number of nitrogens with one attached hydrogen (secondary N) is 3. The predicted octanol–water partition coefficient (Wildman–Crippen LogP) is 1.51. The number of carbonyl (C=O) groups excluding carboxylic acids is 2. The standard InChI is InChI=1S/C13H20N4O2/c1-2-15-13(19)17-11-6-3-5-10(9-11)16-12(18)7-4-8-14/h3,5-6,9H,2,4,7-8,14H2,1H3,(H,16,18)(H2,15,17,19). The van der Waals surface area contributed by atoms with E-state index in [2.05, 4.69) is 16.0 Å². The second-order valence-corrected chi connectivity index (χ2v) is 4.01. The largest absolute Gasteiger partial charge is 0.338 e. The molecule has 5 N–H and O–H groups in total. The molecule has 0 unspecified atom stereocenters. The van der Waals surface area contributed by atoms with Crippen LogP contribution in [0.3, 0.4) is 0 Å². The zero-order valence-corrected chi connectivity index (χ0v) is 11.0. The van der Waals surface area contributed by atoms with E-state index in [0.29, 0.717) is 37.3 Å². The fourth-order valence-corrected chi connectivity index (χ4v) is 1.50. The minimum atomic E-state index is -0.269. The van der Waals surface area contributed by atoms with Crippen LogP contribution in [0.1, 0.15) is 19.8 Å². The Labute approximate surface area is 112 Å². The third-order valence-electron chi connectivity index (χ3n) is 2.35. The summed E-state index contributed by atoms with van der Waals surface area (Å²) in [5.74, 6) is -0.0828. The van der Waals surface area contributed by atoms with Crippen LogP contribution in [0.4, 0.5) is 16.2 Å². The molecule has 3 amide bonds. The van der Waals surface area contributed by atoms with Crippen molar-refractivity contribution in [3.8, 4) is 0 Å². The number of benzene rings is 1. The van der Waals surface area contributed by atoms with Crippen molar-refractivity contribution in [2.45, 2.75) is 19.8 Å². The molecule has 0 aliphatic carbocycles.